The van der Waals surface area contributed by atoms with Crippen LogP contribution in [0.25, 0.3) is 0 Å². The van der Waals surface area contributed by atoms with Crippen LogP contribution < -0.4 is 9.62 Å². The molecule has 1 N–H and O–H groups in total. The summed E-state index contributed by atoms with van der Waals surface area (Å²) < 4.78 is 26.3. The van der Waals surface area contributed by atoms with Crippen molar-refractivity contribution in [1.29, 1.82) is 0 Å². The van der Waals surface area contributed by atoms with Gasteiger partial charge in [0.05, 0.1) is 11.9 Å². The van der Waals surface area contributed by atoms with E-state index in [1.165, 1.54) is 4.90 Å². The number of carbonyl (C=O) groups excluding carboxylic acids is 2. The molecule has 2 amide bonds. The number of halogens is 2. The van der Waals surface area contributed by atoms with Gasteiger partial charge in [-0.05, 0) is 57.0 Å². The van der Waals surface area contributed by atoms with Gasteiger partial charge in [0, 0.05) is 28.2 Å². The van der Waals surface area contributed by atoms with Gasteiger partial charge in [-0.25, -0.2) is 8.42 Å². The average Bonchev–Trinajstić information content (AvgIpc) is 2.72. The molecule has 0 saturated heterocycles. The summed E-state index contributed by atoms with van der Waals surface area (Å²) in [4.78, 5) is 28.0. The molecule has 1 atom stereocenters. The molecule has 0 aromatic heterocycles. The first-order chi connectivity index (χ1) is 15.8. The fourth-order valence-electron chi connectivity index (χ4n) is 3.55. The monoisotopic (exact) mass is 527 g/mol. The molecule has 34 heavy (non-hydrogen) atoms. The van der Waals surface area contributed by atoms with Crippen LogP contribution in [0.2, 0.25) is 10.0 Å². The Labute approximate surface area is 212 Å². The summed E-state index contributed by atoms with van der Waals surface area (Å²) in [6.45, 7) is 6.74. The molecule has 0 bridgehead atoms. The topological polar surface area (TPSA) is 86.8 Å². The first kappa shape index (κ1) is 28.0. The number of nitrogens with zero attached hydrogens (tertiary/aromatic N) is 2. The second kappa shape index (κ2) is 11.9. The minimum Gasteiger partial charge on any atom is -0.352 e. The fourth-order valence-corrected chi connectivity index (χ4v) is 4.91. The van der Waals surface area contributed by atoms with Crippen molar-refractivity contribution in [3.63, 3.8) is 0 Å². The van der Waals surface area contributed by atoms with E-state index in [1.807, 2.05) is 26.8 Å². The molecular formula is C24H31Cl2N3O4S. The summed E-state index contributed by atoms with van der Waals surface area (Å²) in [6.07, 6.45) is 1.36. The first-order valence-corrected chi connectivity index (χ1v) is 13.5. The summed E-state index contributed by atoms with van der Waals surface area (Å²) in [7, 11) is -3.79. The zero-order valence-corrected chi connectivity index (χ0v) is 22.3. The number of benzene rings is 2. The Morgan fingerprint density at radius 2 is 1.65 bits per heavy atom. The quantitative estimate of drug-likeness (QED) is 0.495. The third kappa shape index (κ3) is 7.35. The molecule has 2 aromatic carbocycles. The number of amides is 2. The van der Waals surface area contributed by atoms with Crippen molar-refractivity contribution in [1.82, 2.24) is 10.2 Å². The van der Waals surface area contributed by atoms with Gasteiger partial charge in [-0.2, -0.15) is 0 Å². The van der Waals surface area contributed by atoms with Gasteiger partial charge in [0.1, 0.15) is 12.6 Å². The predicted octanol–water partition coefficient (Wildman–Crippen LogP) is 4.40. The lowest BCUT2D eigenvalue weighted by atomic mass is 10.1. The molecule has 0 aliphatic carbocycles. The van der Waals surface area contributed by atoms with Crippen LogP contribution in [-0.4, -0.2) is 50.0 Å². The molecule has 2 rings (SSSR count). The van der Waals surface area contributed by atoms with Crippen molar-refractivity contribution >= 4 is 50.7 Å². The molecule has 0 fully saturated rings. The number of sulfonamides is 1. The summed E-state index contributed by atoms with van der Waals surface area (Å²) in [5.74, 6) is -0.885. The van der Waals surface area contributed by atoms with Gasteiger partial charge in [0.15, 0.2) is 0 Å². The molecular weight excluding hydrogens is 497 g/mol. The maximum Gasteiger partial charge on any atom is 0.244 e. The lowest BCUT2D eigenvalue weighted by Gasteiger charge is -2.33. The van der Waals surface area contributed by atoms with Gasteiger partial charge < -0.3 is 10.2 Å². The minimum atomic E-state index is -3.79. The summed E-state index contributed by atoms with van der Waals surface area (Å²) in [6, 6.07) is 10.9. The molecule has 0 saturated carbocycles. The highest BCUT2D eigenvalue weighted by atomic mass is 35.5. The summed E-state index contributed by atoms with van der Waals surface area (Å²) >= 11 is 12.7. The third-order valence-electron chi connectivity index (χ3n) is 5.18. The second-order valence-corrected chi connectivity index (χ2v) is 11.1. The van der Waals surface area contributed by atoms with E-state index in [-0.39, 0.29) is 18.5 Å². The Kier molecular flexibility index (Phi) is 9.79. The van der Waals surface area contributed by atoms with Crippen LogP contribution in [0.15, 0.2) is 42.5 Å². The number of rotatable bonds is 10. The van der Waals surface area contributed by atoms with Gasteiger partial charge in [-0.1, -0.05) is 48.3 Å². The normalized spacial score (nSPS) is 12.4. The van der Waals surface area contributed by atoms with Crippen molar-refractivity contribution in [2.45, 2.75) is 52.7 Å². The molecule has 7 nitrogen and oxygen atoms in total. The van der Waals surface area contributed by atoms with Crippen LogP contribution in [0.5, 0.6) is 0 Å². The molecule has 2 aromatic rings. The fraction of sp³-hybridized carbons (Fsp3) is 0.417. The highest BCUT2D eigenvalue weighted by Crippen LogP contribution is 2.27. The number of nitrogens with one attached hydrogen (secondary N) is 1. The van der Waals surface area contributed by atoms with E-state index in [9.17, 15) is 18.0 Å². The van der Waals surface area contributed by atoms with Crippen LogP contribution in [-0.2, 0) is 26.2 Å². The molecule has 0 aliphatic heterocycles. The van der Waals surface area contributed by atoms with Gasteiger partial charge >= 0.3 is 0 Å². The van der Waals surface area contributed by atoms with Crippen LogP contribution >= 0.6 is 23.2 Å². The lowest BCUT2D eigenvalue weighted by molar-refractivity contribution is -0.140. The van der Waals surface area contributed by atoms with Crippen LogP contribution in [0.3, 0.4) is 0 Å². The van der Waals surface area contributed by atoms with Crippen molar-refractivity contribution in [2.24, 2.45) is 0 Å². The van der Waals surface area contributed by atoms with E-state index in [0.29, 0.717) is 27.7 Å². The molecule has 0 radical (unpaired) electrons. The Morgan fingerprint density at radius 1 is 1.06 bits per heavy atom. The summed E-state index contributed by atoms with van der Waals surface area (Å²) in [5, 5.41) is 3.54. The van der Waals surface area contributed by atoms with Gasteiger partial charge in [-0.3, -0.25) is 13.9 Å². The van der Waals surface area contributed by atoms with Crippen molar-refractivity contribution in [2.75, 3.05) is 17.1 Å². The van der Waals surface area contributed by atoms with E-state index in [4.69, 9.17) is 23.2 Å². The zero-order chi connectivity index (χ0) is 25.6. The summed E-state index contributed by atoms with van der Waals surface area (Å²) in [5.41, 5.74) is 1.70. The maximum absolute atomic E-state index is 13.6. The highest BCUT2D eigenvalue weighted by Gasteiger charge is 2.32. The number of hydrogen-bond acceptors (Lipinski definition) is 4. The van der Waals surface area contributed by atoms with Gasteiger partial charge in [-0.15, -0.1) is 0 Å². The number of carbonyl (C=O) groups is 2. The van der Waals surface area contributed by atoms with Crippen LogP contribution in [0.4, 0.5) is 5.69 Å². The Balaban J connectivity index is 2.51. The van der Waals surface area contributed by atoms with Gasteiger partial charge in [0.2, 0.25) is 21.8 Å². The Morgan fingerprint density at radius 3 is 2.15 bits per heavy atom. The average molecular weight is 529 g/mol. The van der Waals surface area contributed by atoms with E-state index < -0.39 is 28.5 Å². The van der Waals surface area contributed by atoms with E-state index in [2.05, 4.69) is 5.32 Å². The SMILES string of the molecule is CCC(C(=O)NC(C)C)N(Cc1c(Cl)cccc1Cl)C(=O)CN(c1cccc(C)c1)S(C)(=O)=O. The Bertz CT molecular complexity index is 1120. The zero-order valence-electron chi connectivity index (χ0n) is 20.0. The molecule has 186 valence electrons. The van der Waals surface area contributed by atoms with Crippen LogP contribution in [0.1, 0.15) is 38.3 Å². The first-order valence-electron chi connectivity index (χ1n) is 10.9. The lowest BCUT2D eigenvalue weighted by Crippen LogP contribution is -2.53. The number of hydrogen-bond donors (Lipinski definition) is 1. The standard InChI is InChI=1S/C24H31Cl2N3O4S/c1-6-22(24(31)27-16(2)3)28(14-19-20(25)11-8-12-21(19)26)23(30)15-29(34(5,32)33)18-10-7-9-17(4)13-18/h7-13,16,22H,6,14-15H2,1-5H3,(H,27,31). The van der Waals surface area contributed by atoms with Gasteiger partial charge in [0.25, 0.3) is 0 Å². The van der Waals surface area contributed by atoms with E-state index in [1.54, 1.807) is 43.3 Å². The highest BCUT2D eigenvalue weighted by molar-refractivity contribution is 7.92. The van der Waals surface area contributed by atoms with E-state index in [0.717, 1.165) is 16.1 Å². The molecule has 0 heterocycles. The van der Waals surface area contributed by atoms with Crippen molar-refractivity contribution in [3.8, 4) is 0 Å². The molecule has 0 spiro atoms. The smallest absolute Gasteiger partial charge is 0.244 e. The molecule has 1 unspecified atom stereocenters. The number of anilines is 1. The largest absolute Gasteiger partial charge is 0.352 e. The predicted molar refractivity (Wildman–Crippen MR) is 138 cm³/mol. The maximum atomic E-state index is 13.6. The number of aryl methyl sites for hydroxylation is 1. The molecule has 10 heteroatoms. The van der Waals surface area contributed by atoms with Crippen molar-refractivity contribution < 1.29 is 18.0 Å². The Hall–Kier alpha value is -2.29. The van der Waals surface area contributed by atoms with E-state index >= 15 is 0 Å². The second-order valence-electron chi connectivity index (χ2n) is 8.42. The molecule has 0 aliphatic rings. The minimum absolute atomic E-state index is 0.0488. The third-order valence-corrected chi connectivity index (χ3v) is 7.02. The van der Waals surface area contributed by atoms with Crippen LogP contribution in [0, 0.1) is 6.92 Å². The van der Waals surface area contributed by atoms with Crippen molar-refractivity contribution in [3.05, 3.63) is 63.6 Å².